The van der Waals surface area contributed by atoms with Crippen molar-refractivity contribution in [3.05, 3.63) is 72.3 Å². The molecule has 33 heavy (non-hydrogen) atoms. The van der Waals surface area contributed by atoms with E-state index in [2.05, 4.69) is 38.1 Å². The van der Waals surface area contributed by atoms with Crippen LogP contribution in [0.4, 0.5) is 5.69 Å². The van der Waals surface area contributed by atoms with E-state index in [0.717, 1.165) is 48.8 Å². The molecule has 0 radical (unpaired) electrons. The quantitative estimate of drug-likeness (QED) is 0.525. The summed E-state index contributed by atoms with van der Waals surface area (Å²) in [4.78, 5) is 6.79. The Morgan fingerprint density at radius 2 is 2.06 bits per heavy atom. The maximum absolute atomic E-state index is 5.93. The predicted molar refractivity (Wildman–Crippen MR) is 131 cm³/mol. The summed E-state index contributed by atoms with van der Waals surface area (Å²) >= 11 is 5.87. The molecule has 172 valence electrons. The number of pyridine rings is 1. The van der Waals surface area contributed by atoms with E-state index in [-0.39, 0.29) is 18.2 Å². The average molecular weight is 465 g/mol. The SMILES string of the molecule is COc1ccc(N2C(=S)N[C@H](c3ccccn3)[C@@H]2c2cccn2C[C@H]2CCCO2)c(OC)c1. The number of aromatic nitrogens is 2. The molecule has 2 aliphatic rings. The van der Waals surface area contributed by atoms with E-state index in [0.29, 0.717) is 10.9 Å². The Kier molecular flexibility index (Phi) is 6.20. The lowest BCUT2D eigenvalue weighted by Gasteiger charge is -2.30. The van der Waals surface area contributed by atoms with Crippen molar-refractivity contribution >= 4 is 23.0 Å². The molecule has 0 bridgehead atoms. The number of anilines is 1. The number of nitrogens with zero attached hydrogens (tertiary/aromatic N) is 3. The van der Waals surface area contributed by atoms with Crippen molar-refractivity contribution in [3.63, 3.8) is 0 Å². The molecule has 0 saturated carbocycles. The maximum Gasteiger partial charge on any atom is 0.174 e. The zero-order valence-corrected chi connectivity index (χ0v) is 19.6. The summed E-state index contributed by atoms with van der Waals surface area (Å²) in [6.45, 7) is 1.65. The van der Waals surface area contributed by atoms with Crippen LogP contribution in [0.5, 0.6) is 11.5 Å². The lowest BCUT2D eigenvalue weighted by Crippen LogP contribution is -2.31. The minimum Gasteiger partial charge on any atom is -0.497 e. The lowest BCUT2D eigenvalue weighted by molar-refractivity contribution is 0.0961. The topological polar surface area (TPSA) is 60.8 Å². The van der Waals surface area contributed by atoms with E-state index in [1.807, 2.05) is 42.6 Å². The minimum absolute atomic E-state index is 0.119. The highest BCUT2D eigenvalue weighted by atomic mass is 32.1. The molecule has 0 spiro atoms. The molecule has 0 aliphatic carbocycles. The van der Waals surface area contributed by atoms with Gasteiger partial charge in [-0.05, 0) is 61.5 Å². The van der Waals surface area contributed by atoms with Crippen molar-refractivity contribution in [1.82, 2.24) is 14.9 Å². The Morgan fingerprint density at radius 3 is 2.79 bits per heavy atom. The van der Waals surface area contributed by atoms with Crippen LogP contribution in [0.2, 0.25) is 0 Å². The number of nitrogens with one attached hydrogen (secondary N) is 1. The first kappa shape index (κ1) is 21.7. The zero-order chi connectivity index (χ0) is 22.8. The number of hydrogen-bond donors (Lipinski definition) is 1. The second kappa shape index (κ2) is 9.41. The highest BCUT2D eigenvalue weighted by Gasteiger charge is 2.43. The first-order valence-corrected chi connectivity index (χ1v) is 11.6. The highest BCUT2D eigenvalue weighted by Crippen LogP contribution is 2.45. The highest BCUT2D eigenvalue weighted by molar-refractivity contribution is 7.80. The number of ether oxygens (including phenoxy) is 3. The zero-order valence-electron chi connectivity index (χ0n) is 18.8. The van der Waals surface area contributed by atoms with Crippen LogP contribution in [0.15, 0.2) is 60.9 Å². The maximum atomic E-state index is 5.93. The molecule has 0 unspecified atom stereocenters. The third-order valence-electron chi connectivity index (χ3n) is 6.34. The Bertz CT molecular complexity index is 1110. The number of benzene rings is 1. The Labute approximate surface area is 199 Å². The number of thiocarbonyl (C=S) groups is 1. The summed E-state index contributed by atoms with van der Waals surface area (Å²) in [5.74, 6) is 1.43. The molecule has 2 aromatic heterocycles. The molecule has 1 N–H and O–H groups in total. The summed E-state index contributed by atoms with van der Waals surface area (Å²) in [6, 6.07) is 15.8. The van der Waals surface area contributed by atoms with Crippen LogP contribution in [-0.4, -0.2) is 41.6 Å². The third-order valence-corrected chi connectivity index (χ3v) is 6.65. The Morgan fingerprint density at radius 1 is 1.15 bits per heavy atom. The second-order valence-corrected chi connectivity index (χ2v) is 8.64. The Hall–Kier alpha value is -3.10. The third kappa shape index (κ3) is 4.16. The van der Waals surface area contributed by atoms with Crippen molar-refractivity contribution in [3.8, 4) is 11.5 Å². The first-order valence-electron chi connectivity index (χ1n) is 11.2. The van der Waals surface area contributed by atoms with Crippen LogP contribution in [-0.2, 0) is 11.3 Å². The van der Waals surface area contributed by atoms with E-state index in [1.54, 1.807) is 14.2 Å². The molecule has 7 nitrogen and oxygen atoms in total. The monoisotopic (exact) mass is 464 g/mol. The van der Waals surface area contributed by atoms with Gasteiger partial charge >= 0.3 is 0 Å². The molecule has 5 rings (SSSR count). The minimum atomic E-state index is -0.122. The van der Waals surface area contributed by atoms with Crippen LogP contribution in [0.25, 0.3) is 0 Å². The van der Waals surface area contributed by atoms with Gasteiger partial charge in [0.15, 0.2) is 5.11 Å². The molecule has 3 atom stereocenters. The van der Waals surface area contributed by atoms with Gasteiger partial charge in [-0.3, -0.25) is 4.98 Å². The molecular weight excluding hydrogens is 436 g/mol. The van der Waals surface area contributed by atoms with Crippen LogP contribution in [0.1, 0.15) is 36.3 Å². The summed E-state index contributed by atoms with van der Waals surface area (Å²) in [7, 11) is 3.31. The molecule has 3 aromatic rings. The first-order chi connectivity index (χ1) is 16.2. The number of rotatable bonds is 7. The largest absolute Gasteiger partial charge is 0.497 e. The van der Waals surface area contributed by atoms with Crippen molar-refractivity contribution in [2.75, 3.05) is 25.7 Å². The number of methoxy groups -OCH3 is 2. The van der Waals surface area contributed by atoms with Crippen LogP contribution >= 0.6 is 12.2 Å². The van der Waals surface area contributed by atoms with Gasteiger partial charge < -0.3 is 29.0 Å². The van der Waals surface area contributed by atoms with E-state index in [1.165, 1.54) is 0 Å². The molecule has 1 aromatic carbocycles. The van der Waals surface area contributed by atoms with Crippen molar-refractivity contribution < 1.29 is 14.2 Å². The van der Waals surface area contributed by atoms with Crippen molar-refractivity contribution in [2.24, 2.45) is 0 Å². The fourth-order valence-electron chi connectivity index (χ4n) is 4.77. The standard InChI is InChI=1S/C25H28N4O3S/c1-30-17-10-11-20(22(15-17)31-2)29-24(23(27-25(29)33)19-8-3-4-12-26-19)21-9-5-13-28(21)16-18-7-6-14-32-18/h3-5,8-13,15,18,23-24H,6-7,14,16H2,1-2H3,(H,27,33)/t18-,23-,24+/m1/s1. The van der Waals surface area contributed by atoms with Gasteiger partial charge in [-0.2, -0.15) is 0 Å². The van der Waals surface area contributed by atoms with Gasteiger partial charge in [-0.15, -0.1) is 0 Å². The van der Waals surface area contributed by atoms with Gasteiger partial charge in [-0.25, -0.2) is 0 Å². The van der Waals surface area contributed by atoms with Crippen LogP contribution in [0.3, 0.4) is 0 Å². The molecule has 8 heteroatoms. The van der Waals surface area contributed by atoms with E-state index < -0.39 is 0 Å². The van der Waals surface area contributed by atoms with Gasteiger partial charge in [0.1, 0.15) is 17.5 Å². The molecular formula is C25H28N4O3S. The van der Waals surface area contributed by atoms with E-state index >= 15 is 0 Å². The van der Waals surface area contributed by atoms with Gasteiger partial charge in [0, 0.05) is 37.3 Å². The fraction of sp³-hybridized carbons (Fsp3) is 0.360. The smallest absolute Gasteiger partial charge is 0.174 e. The van der Waals surface area contributed by atoms with Gasteiger partial charge in [0.05, 0.1) is 37.7 Å². The van der Waals surface area contributed by atoms with Crippen molar-refractivity contribution in [1.29, 1.82) is 0 Å². The number of hydrogen-bond acceptors (Lipinski definition) is 5. The van der Waals surface area contributed by atoms with Crippen molar-refractivity contribution in [2.45, 2.75) is 37.6 Å². The Balaban J connectivity index is 1.60. The molecule has 4 heterocycles. The molecule has 2 saturated heterocycles. The van der Waals surface area contributed by atoms with Crippen LogP contribution < -0.4 is 19.7 Å². The van der Waals surface area contributed by atoms with Gasteiger partial charge in [0.2, 0.25) is 0 Å². The second-order valence-electron chi connectivity index (χ2n) is 8.25. The summed E-state index contributed by atoms with van der Waals surface area (Å²) in [6.07, 6.45) is 6.37. The fourth-order valence-corrected chi connectivity index (χ4v) is 5.11. The van der Waals surface area contributed by atoms with E-state index in [9.17, 15) is 0 Å². The average Bonchev–Trinajstić information content (AvgIpc) is 3.60. The van der Waals surface area contributed by atoms with E-state index in [4.69, 9.17) is 26.4 Å². The van der Waals surface area contributed by atoms with Gasteiger partial charge in [-0.1, -0.05) is 6.07 Å². The summed E-state index contributed by atoms with van der Waals surface area (Å²) in [5.41, 5.74) is 2.96. The molecule has 2 fully saturated rings. The molecule has 2 aliphatic heterocycles. The summed E-state index contributed by atoms with van der Waals surface area (Å²) in [5, 5.41) is 4.15. The molecule has 0 amide bonds. The lowest BCUT2D eigenvalue weighted by atomic mass is 10.0. The summed E-state index contributed by atoms with van der Waals surface area (Å²) < 4.78 is 19.4. The normalized spacial score (nSPS) is 22.4. The van der Waals surface area contributed by atoms with Crippen LogP contribution in [0, 0.1) is 0 Å². The van der Waals surface area contributed by atoms with Gasteiger partial charge in [0.25, 0.3) is 0 Å². The predicted octanol–water partition coefficient (Wildman–Crippen LogP) is 4.26.